The monoisotopic (exact) mass is 569 g/mol. The number of nitro groups is 2. The van der Waals surface area contributed by atoms with Crippen molar-refractivity contribution in [1.82, 2.24) is 14.8 Å². The zero-order valence-corrected chi connectivity index (χ0v) is 21.4. The predicted octanol–water partition coefficient (Wildman–Crippen LogP) is 5.94. The molecule has 1 heterocycles. The number of thioether (sulfide) groups is 1. The van der Waals surface area contributed by atoms with E-state index in [4.69, 9.17) is 4.74 Å². The largest absolute Gasteiger partial charge is 0.489 e. The third-order valence-electron chi connectivity index (χ3n) is 5.21. The molecule has 0 N–H and O–H groups in total. The molecule has 0 spiro atoms. The number of halogens is 1. The molecule has 0 bridgehead atoms. The van der Waals surface area contributed by atoms with Gasteiger partial charge in [-0.2, -0.15) is 0 Å². The number of hydrogen-bond donors (Lipinski definition) is 0. The standard InChI is InChI=1S/C24H20BrN5O5S/c1-16-26-27-24(29(16)19-7-3-2-4-8-19)36-23(14-28(31)32)21-13-18(25)10-11-22(21)35-15-17-6-5-9-20(12-17)30(33)34/h2-13,23H,14-15H2,1H3/t23-/m0/s1. The van der Waals surface area contributed by atoms with Crippen molar-refractivity contribution in [2.24, 2.45) is 0 Å². The van der Waals surface area contributed by atoms with Crippen LogP contribution in [0.3, 0.4) is 0 Å². The Kier molecular flexibility index (Phi) is 7.96. The van der Waals surface area contributed by atoms with Gasteiger partial charge in [0, 0.05) is 32.8 Å². The molecule has 3 aromatic carbocycles. The Morgan fingerprint density at radius 1 is 1.03 bits per heavy atom. The molecular formula is C24H20BrN5O5S. The highest BCUT2D eigenvalue weighted by molar-refractivity contribution is 9.10. The number of para-hydroxylation sites is 1. The van der Waals surface area contributed by atoms with Gasteiger partial charge in [0.15, 0.2) is 5.16 Å². The first kappa shape index (κ1) is 25.3. The van der Waals surface area contributed by atoms with Gasteiger partial charge in [0.25, 0.3) is 5.69 Å². The summed E-state index contributed by atoms with van der Waals surface area (Å²) in [6.45, 7) is 1.50. The maximum Gasteiger partial charge on any atom is 0.269 e. The molecule has 36 heavy (non-hydrogen) atoms. The van der Waals surface area contributed by atoms with Gasteiger partial charge < -0.3 is 4.74 Å². The van der Waals surface area contributed by atoms with E-state index in [0.29, 0.717) is 27.9 Å². The van der Waals surface area contributed by atoms with Crippen LogP contribution in [0.1, 0.15) is 22.2 Å². The fourth-order valence-corrected chi connectivity index (χ4v) is 5.15. The van der Waals surface area contributed by atoms with E-state index in [9.17, 15) is 20.2 Å². The molecule has 1 atom stereocenters. The number of ether oxygens (including phenoxy) is 1. The number of benzene rings is 3. The normalized spacial score (nSPS) is 11.7. The lowest BCUT2D eigenvalue weighted by molar-refractivity contribution is -0.479. The lowest BCUT2D eigenvalue weighted by Crippen LogP contribution is -2.12. The summed E-state index contributed by atoms with van der Waals surface area (Å²) in [5.74, 6) is 1.09. The minimum Gasteiger partial charge on any atom is -0.489 e. The zero-order valence-electron chi connectivity index (χ0n) is 19.0. The average Bonchev–Trinajstić information content (AvgIpc) is 3.23. The third-order valence-corrected chi connectivity index (χ3v) is 6.86. The van der Waals surface area contributed by atoms with Crippen molar-refractivity contribution in [2.45, 2.75) is 23.9 Å². The molecule has 0 fully saturated rings. The Bertz CT molecular complexity index is 1400. The summed E-state index contributed by atoms with van der Waals surface area (Å²) in [5.41, 5.74) is 2.01. The third kappa shape index (κ3) is 6.07. The van der Waals surface area contributed by atoms with Crippen LogP contribution in [0.25, 0.3) is 5.69 Å². The number of non-ortho nitro benzene ring substituents is 1. The first-order chi connectivity index (χ1) is 17.3. The Balaban J connectivity index is 1.66. The number of aromatic nitrogens is 3. The van der Waals surface area contributed by atoms with E-state index in [0.717, 1.165) is 10.2 Å². The van der Waals surface area contributed by atoms with Gasteiger partial charge in [-0.3, -0.25) is 24.8 Å². The molecule has 0 saturated heterocycles. The maximum atomic E-state index is 11.6. The Hall–Kier alpha value is -3.77. The molecular weight excluding hydrogens is 550 g/mol. The molecule has 184 valence electrons. The lowest BCUT2D eigenvalue weighted by Gasteiger charge is -2.18. The van der Waals surface area contributed by atoms with Gasteiger partial charge in [-0.15, -0.1) is 10.2 Å². The molecule has 0 radical (unpaired) electrons. The summed E-state index contributed by atoms with van der Waals surface area (Å²) < 4.78 is 8.59. The molecule has 4 rings (SSSR count). The quantitative estimate of drug-likeness (QED) is 0.130. The summed E-state index contributed by atoms with van der Waals surface area (Å²) in [5, 5.41) is 31.1. The van der Waals surface area contributed by atoms with Gasteiger partial charge >= 0.3 is 0 Å². The highest BCUT2D eigenvalue weighted by Gasteiger charge is 2.27. The summed E-state index contributed by atoms with van der Waals surface area (Å²) in [7, 11) is 0. The molecule has 0 aliphatic rings. The first-order valence-corrected chi connectivity index (χ1v) is 12.4. The second-order valence-electron chi connectivity index (χ2n) is 7.72. The van der Waals surface area contributed by atoms with E-state index in [-0.39, 0.29) is 23.8 Å². The van der Waals surface area contributed by atoms with E-state index in [2.05, 4.69) is 26.1 Å². The Morgan fingerprint density at radius 2 is 1.81 bits per heavy atom. The van der Waals surface area contributed by atoms with Gasteiger partial charge in [-0.25, -0.2) is 0 Å². The predicted molar refractivity (Wildman–Crippen MR) is 138 cm³/mol. The Morgan fingerprint density at radius 3 is 2.53 bits per heavy atom. The van der Waals surface area contributed by atoms with Gasteiger partial charge in [0.1, 0.15) is 23.4 Å². The summed E-state index contributed by atoms with van der Waals surface area (Å²) in [6.07, 6.45) is 0. The lowest BCUT2D eigenvalue weighted by atomic mass is 10.1. The van der Waals surface area contributed by atoms with Gasteiger partial charge in [0.05, 0.1) is 4.92 Å². The smallest absolute Gasteiger partial charge is 0.269 e. The van der Waals surface area contributed by atoms with Crippen molar-refractivity contribution in [3.8, 4) is 11.4 Å². The maximum absolute atomic E-state index is 11.6. The number of nitro benzene ring substituents is 1. The zero-order chi connectivity index (χ0) is 25.7. The van der Waals surface area contributed by atoms with E-state index in [1.165, 1.54) is 23.9 Å². The van der Waals surface area contributed by atoms with Crippen LogP contribution in [0.15, 0.2) is 82.4 Å². The number of nitrogens with zero attached hydrogens (tertiary/aromatic N) is 5. The molecule has 1 aromatic heterocycles. The van der Waals surface area contributed by atoms with Crippen molar-refractivity contribution >= 4 is 33.4 Å². The van der Waals surface area contributed by atoms with Gasteiger partial charge in [0.2, 0.25) is 6.54 Å². The Labute approximate surface area is 218 Å². The molecule has 0 aliphatic carbocycles. The van der Waals surface area contributed by atoms with Crippen LogP contribution < -0.4 is 4.74 Å². The molecule has 12 heteroatoms. The van der Waals surface area contributed by atoms with Crippen LogP contribution in [-0.4, -0.2) is 31.2 Å². The molecule has 0 aliphatic heterocycles. The SMILES string of the molecule is Cc1nnc(S[C@@H](C[N+](=O)[O-])c2cc(Br)ccc2OCc2cccc([N+](=O)[O-])c2)n1-c1ccccc1. The fourth-order valence-electron chi connectivity index (χ4n) is 3.58. The van der Waals surface area contributed by atoms with Crippen LogP contribution in [0.4, 0.5) is 5.69 Å². The van der Waals surface area contributed by atoms with Crippen molar-refractivity contribution in [1.29, 1.82) is 0 Å². The van der Waals surface area contributed by atoms with Crippen LogP contribution >= 0.6 is 27.7 Å². The number of hydrogen-bond acceptors (Lipinski definition) is 8. The second-order valence-corrected chi connectivity index (χ2v) is 9.81. The van der Waals surface area contributed by atoms with Crippen LogP contribution in [0, 0.1) is 27.2 Å². The van der Waals surface area contributed by atoms with E-state index < -0.39 is 10.2 Å². The summed E-state index contributed by atoms with van der Waals surface area (Å²) in [6, 6.07) is 20.9. The molecule has 10 nitrogen and oxygen atoms in total. The highest BCUT2D eigenvalue weighted by Crippen LogP contribution is 2.41. The molecule has 4 aromatic rings. The van der Waals surface area contributed by atoms with Crippen molar-refractivity contribution in [3.05, 3.63) is 114 Å². The van der Waals surface area contributed by atoms with Crippen molar-refractivity contribution in [2.75, 3.05) is 6.54 Å². The summed E-state index contributed by atoms with van der Waals surface area (Å²) >= 11 is 4.67. The van der Waals surface area contributed by atoms with Gasteiger partial charge in [-0.1, -0.05) is 58.0 Å². The number of aryl methyl sites for hydroxylation is 1. The van der Waals surface area contributed by atoms with E-state index in [1.807, 2.05) is 41.8 Å². The van der Waals surface area contributed by atoms with Crippen molar-refractivity contribution in [3.63, 3.8) is 0 Å². The van der Waals surface area contributed by atoms with Crippen LogP contribution in [0.2, 0.25) is 0 Å². The van der Waals surface area contributed by atoms with Crippen molar-refractivity contribution < 1.29 is 14.6 Å². The first-order valence-electron chi connectivity index (χ1n) is 10.7. The topological polar surface area (TPSA) is 126 Å². The van der Waals surface area contributed by atoms with E-state index in [1.54, 1.807) is 30.3 Å². The second kappa shape index (κ2) is 11.3. The minimum atomic E-state index is -0.649. The molecule has 0 unspecified atom stereocenters. The molecule has 0 amide bonds. The summed E-state index contributed by atoms with van der Waals surface area (Å²) in [4.78, 5) is 21.9. The average molecular weight is 570 g/mol. The van der Waals surface area contributed by atoms with Crippen LogP contribution in [-0.2, 0) is 6.61 Å². The van der Waals surface area contributed by atoms with E-state index >= 15 is 0 Å². The fraction of sp³-hybridized carbons (Fsp3) is 0.167. The minimum absolute atomic E-state index is 0.0375. The highest BCUT2D eigenvalue weighted by atomic mass is 79.9. The van der Waals surface area contributed by atoms with Crippen LogP contribution in [0.5, 0.6) is 5.75 Å². The van der Waals surface area contributed by atoms with Gasteiger partial charge in [-0.05, 0) is 42.8 Å². The molecule has 0 saturated carbocycles. The number of rotatable bonds is 10.